The van der Waals surface area contributed by atoms with Gasteiger partial charge in [-0.3, -0.25) is 0 Å². The second-order valence-electron chi connectivity index (χ2n) is 14.2. The van der Waals surface area contributed by atoms with Crippen LogP contribution in [0, 0.1) is 0 Å². The Morgan fingerprint density at radius 2 is 0.709 bits per heavy atom. The van der Waals surface area contributed by atoms with E-state index in [9.17, 15) is 0 Å². The molecule has 2 heteroatoms. The molecule has 0 radical (unpaired) electrons. The number of aromatic nitrogens is 1. The molecular weight excluding hydrogens is 683 g/mol. The summed E-state index contributed by atoms with van der Waals surface area (Å²) < 4.78 is 2.58. The first-order chi connectivity index (χ1) is 27.3. The quantitative estimate of drug-likeness (QED) is 0.162. The van der Waals surface area contributed by atoms with Gasteiger partial charge in [-0.05, 0) is 85.9 Å². The van der Waals surface area contributed by atoms with Crippen LogP contribution in [0.2, 0.25) is 0 Å². The van der Waals surface area contributed by atoms with Crippen molar-refractivity contribution in [3.8, 4) is 55.8 Å². The molecule has 0 N–H and O–H groups in total. The molecule has 0 atom stereocenters. The minimum absolute atomic E-state index is 0.972. The van der Waals surface area contributed by atoms with Crippen LogP contribution in [0.1, 0.15) is 0 Å². The van der Waals surface area contributed by atoms with Gasteiger partial charge in [-0.15, -0.1) is 11.3 Å². The number of nitrogens with zero attached hydrogens (tertiary/aromatic N) is 1. The lowest BCUT2D eigenvalue weighted by molar-refractivity contribution is 1.41. The second kappa shape index (κ2) is 12.9. The summed E-state index contributed by atoms with van der Waals surface area (Å²) in [6, 6.07) is 72.7. The van der Waals surface area contributed by atoms with Crippen LogP contribution in [0.5, 0.6) is 0 Å². The maximum absolute atomic E-state index is 5.52. The molecule has 55 heavy (non-hydrogen) atoms. The van der Waals surface area contributed by atoms with E-state index in [1.165, 1.54) is 91.6 Å². The molecule has 256 valence electrons. The lowest BCUT2D eigenvalue weighted by atomic mass is 9.91. The summed E-state index contributed by atoms with van der Waals surface area (Å²) in [5.41, 5.74) is 12.9. The predicted molar refractivity (Wildman–Crippen MR) is 237 cm³/mol. The van der Waals surface area contributed by atoms with Crippen LogP contribution < -0.4 is 0 Å². The SMILES string of the molecule is c1ccc(-c2cc(-c3ccccc3)c3sc4c(-c5ccccc5-c5ccc6c7ccccc7c7ccccc7c6n5)cc(-c5ccccc5)cc4c3c2)cc1. The molecule has 0 unspecified atom stereocenters. The zero-order valence-corrected chi connectivity index (χ0v) is 30.7. The van der Waals surface area contributed by atoms with Crippen LogP contribution in [0.4, 0.5) is 0 Å². The first kappa shape index (κ1) is 31.6. The Bertz CT molecular complexity index is 3200. The van der Waals surface area contributed by atoms with Crippen molar-refractivity contribution in [3.63, 3.8) is 0 Å². The van der Waals surface area contributed by atoms with Crippen molar-refractivity contribution in [2.75, 3.05) is 0 Å². The molecule has 2 heterocycles. The van der Waals surface area contributed by atoms with Gasteiger partial charge in [-0.1, -0.05) is 164 Å². The first-order valence-corrected chi connectivity index (χ1v) is 19.6. The zero-order chi connectivity index (χ0) is 36.3. The van der Waals surface area contributed by atoms with Crippen LogP contribution in [-0.4, -0.2) is 4.98 Å². The summed E-state index contributed by atoms with van der Waals surface area (Å²) in [5, 5.41) is 8.62. The highest BCUT2D eigenvalue weighted by Gasteiger charge is 2.20. The van der Waals surface area contributed by atoms with Gasteiger partial charge in [-0.2, -0.15) is 0 Å². The monoisotopic (exact) mass is 715 g/mol. The molecule has 9 aromatic carbocycles. The number of thiophene rings is 1. The molecule has 11 rings (SSSR count). The standard InChI is InChI=1S/C53H33NS/c1-4-16-34(17-5-1)37-30-46(36-20-8-3-9-21-36)52-48(32-37)49-33-38(35-18-6-2-7-19-35)31-47(53(49)55-52)42-25-12-14-26-43(42)50-29-28-45-41-24-11-10-22-39(41)40-23-13-15-27-44(40)51(45)54-50/h1-33H. The summed E-state index contributed by atoms with van der Waals surface area (Å²) in [7, 11) is 0. The van der Waals surface area contributed by atoms with E-state index in [0.29, 0.717) is 0 Å². The molecule has 0 aliphatic carbocycles. The average Bonchev–Trinajstić information content (AvgIpc) is 3.65. The van der Waals surface area contributed by atoms with Gasteiger partial charge in [0.25, 0.3) is 0 Å². The Morgan fingerprint density at radius 3 is 1.31 bits per heavy atom. The van der Waals surface area contributed by atoms with Crippen LogP contribution in [0.3, 0.4) is 0 Å². The van der Waals surface area contributed by atoms with Crippen molar-refractivity contribution in [1.82, 2.24) is 4.98 Å². The van der Waals surface area contributed by atoms with E-state index in [1.54, 1.807) is 0 Å². The lowest BCUT2D eigenvalue weighted by Gasteiger charge is -2.15. The van der Waals surface area contributed by atoms with E-state index < -0.39 is 0 Å². The maximum atomic E-state index is 5.52. The third-order valence-electron chi connectivity index (χ3n) is 11.0. The fraction of sp³-hybridized carbons (Fsp3) is 0. The van der Waals surface area contributed by atoms with Gasteiger partial charge < -0.3 is 0 Å². The lowest BCUT2D eigenvalue weighted by Crippen LogP contribution is -1.92. The van der Waals surface area contributed by atoms with Crippen molar-refractivity contribution >= 4 is 64.0 Å². The van der Waals surface area contributed by atoms with Crippen LogP contribution >= 0.6 is 11.3 Å². The highest BCUT2D eigenvalue weighted by molar-refractivity contribution is 7.27. The predicted octanol–water partition coefficient (Wildman–Crippen LogP) is 15.2. The summed E-state index contributed by atoms with van der Waals surface area (Å²) in [6.45, 7) is 0. The van der Waals surface area contributed by atoms with E-state index in [0.717, 1.165) is 16.8 Å². The van der Waals surface area contributed by atoms with E-state index in [1.807, 2.05) is 11.3 Å². The number of hydrogen-bond donors (Lipinski definition) is 0. The van der Waals surface area contributed by atoms with Crippen molar-refractivity contribution in [2.24, 2.45) is 0 Å². The normalized spacial score (nSPS) is 11.6. The molecule has 0 aliphatic rings. The van der Waals surface area contributed by atoms with E-state index in [2.05, 4.69) is 200 Å². The Labute approximate surface area is 323 Å². The molecule has 0 saturated carbocycles. The third kappa shape index (κ3) is 5.26. The highest BCUT2D eigenvalue weighted by Crippen LogP contribution is 2.49. The summed E-state index contributed by atoms with van der Waals surface area (Å²) in [5.74, 6) is 0. The Hall–Kier alpha value is -6.87. The smallest absolute Gasteiger partial charge is 0.0794 e. The molecule has 0 amide bonds. The van der Waals surface area contributed by atoms with Crippen molar-refractivity contribution in [2.45, 2.75) is 0 Å². The van der Waals surface area contributed by atoms with Crippen molar-refractivity contribution < 1.29 is 0 Å². The van der Waals surface area contributed by atoms with E-state index >= 15 is 0 Å². The largest absolute Gasteiger partial charge is 0.247 e. The number of benzene rings is 9. The van der Waals surface area contributed by atoms with Gasteiger partial charge in [0, 0.05) is 47.6 Å². The minimum atomic E-state index is 0.972. The van der Waals surface area contributed by atoms with E-state index in [-0.39, 0.29) is 0 Å². The van der Waals surface area contributed by atoms with Crippen LogP contribution in [0.15, 0.2) is 200 Å². The highest BCUT2D eigenvalue weighted by atomic mass is 32.1. The summed E-state index contributed by atoms with van der Waals surface area (Å²) in [4.78, 5) is 5.52. The molecular formula is C53H33NS. The van der Waals surface area contributed by atoms with Crippen molar-refractivity contribution in [1.29, 1.82) is 0 Å². The molecule has 0 spiro atoms. The Balaban J connectivity index is 1.21. The van der Waals surface area contributed by atoms with Crippen LogP contribution in [0.25, 0.3) is 108 Å². The van der Waals surface area contributed by atoms with Gasteiger partial charge >= 0.3 is 0 Å². The molecule has 0 saturated heterocycles. The second-order valence-corrected chi connectivity index (χ2v) is 15.3. The molecule has 2 aromatic heterocycles. The number of hydrogen-bond acceptors (Lipinski definition) is 2. The van der Waals surface area contributed by atoms with Gasteiger partial charge in [0.1, 0.15) is 0 Å². The average molecular weight is 716 g/mol. The number of rotatable bonds is 5. The number of fused-ring (bicyclic) bond motifs is 9. The maximum Gasteiger partial charge on any atom is 0.0794 e. The molecule has 11 aromatic rings. The molecule has 0 aliphatic heterocycles. The third-order valence-corrected chi connectivity index (χ3v) is 12.3. The van der Waals surface area contributed by atoms with Gasteiger partial charge in [0.15, 0.2) is 0 Å². The number of pyridine rings is 1. The van der Waals surface area contributed by atoms with Crippen LogP contribution in [-0.2, 0) is 0 Å². The summed E-state index contributed by atoms with van der Waals surface area (Å²) in [6.07, 6.45) is 0. The molecule has 0 bridgehead atoms. The molecule has 0 fully saturated rings. The summed E-state index contributed by atoms with van der Waals surface area (Å²) >= 11 is 1.90. The van der Waals surface area contributed by atoms with Gasteiger partial charge in [0.2, 0.25) is 0 Å². The van der Waals surface area contributed by atoms with Crippen molar-refractivity contribution in [3.05, 3.63) is 200 Å². The fourth-order valence-corrected chi connectivity index (χ4v) is 9.78. The fourth-order valence-electron chi connectivity index (χ4n) is 8.46. The Kier molecular flexibility index (Phi) is 7.43. The molecule has 1 nitrogen and oxygen atoms in total. The van der Waals surface area contributed by atoms with Gasteiger partial charge in [0.05, 0.1) is 11.2 Å². The zero-order valence-electron chi connectivity index (χ0n) is 29.9. The topological polar surface area (TPSA) is 12.9 Å². The van der Waals surface area contributed by atoms with E-state index in [4.69, 9.17) is 4.98 Å². The first-order valence-electron chi connectivity index (χ1n) is 18.8. The van der Waals surface area contributed by atoms with Gasteiger partial charge in [-0.25, -0.2) is 4.98 Å². The minimum Gasteiger partial charge on any atom is -0.247 e. The Morgan fingerprint density at radius 1 is 0.273 bits per heavy atom.